The van der Waals surface area contributed by atoms with Gasteiger partial charge in [0.25, 0.3) is 0 Å². The molecule has 0 fully saturated rings. The first-order valence-corrected chi connectivity index (χ1v) is 20.1. The van der Waals surface area contributed by atoms with E-state index >= 15 is 0 Å². The number of hydrogen-bond donors (Lipinski definition) is 4. The Balaban J connectivity index is 0.000000922. The van der Waals surface area contributed by atoms with Crippen molar-refractivity contribution in [1.82, 2.24) is 0 Å². The molecule has 0 aliphatic rings. The molecule has 0 atom stereocenters. The maximum atomic E-state index is 11.7. The molecule has 2 rings (SSSR count). The summed E-state index contributed by atoms with van der Waals surface area (Å²) in [6, 6.07) is 6.64. The minimum Gasteiger partial charge on any atom is -0.869 e. The van der Waals surface area contributed by atoms with E-state index < -0.39 is 52.1 Å². The van der Waals surface area contributed by atoms with E-state index in [4.69, 9.17) is 26.6 Å². The van der Waals surface area contributed by atoms with Crippen LogP contribution in [-0.2, 0) is 43.6 Å². The van der Waals surface area contributed by atoms with Crippen molar-refractivity contribution in [2.24, 2.45) is 9.98 Å². The smallest absolute Gasteiger partial charge is 0.869 e. The molecule has 17 heteroatoms. The first-order valence-electron chi connectivity index (χ1n) is 16.3. The van der Waals surface area contributed by atoms with Crippen LogP contribution in [0.25, 0.3) is 0 Å². The van der Waals surface area contributed by atoms with Crippen molar-refractivity contribution in [2.45, 2.75) is 66.5 Å². The van der Waals surface area contributed by atoms with Crippen LogP contribution in [0.2, 0.25) is 12.1 Å². The van der Waals surface area contributed by atoms with Crippen molar-refractivity contribution in [1.29, 1.82) is 0 Å². The summed E-state index contributed by atoms with van der Waals surface area (Å²) in [6.07, 6.45) is 4.18. The Morgan fingerprint density at radius 2 is 0.837 bits per heavy atom. The Hall–Kier alpha value is -2.71. The van der Waals surface area contributed by atoms with Crippen LogP contribution >= 0.6 is 0 Å². The Kier molecular flexibility index (Phi) is 23.9. The summed E-state index contributed by atoms with van der Waals surface area (Å²) in [5, 5.41) is 60.7. The van der Waals surface area contributed by atoms with Crippen LogP contribution in [0, 0.1) is 0 Å². The molecule has 0 heterocycles. The SMILES string of the molecule is CCO[Si](CCCN=Cc1ccc(O)c(O)c1[O-])(OCC)OCC.CCO[Si](CCCN=Cc1ccc(O)c(O)c1[O-])(OCC)OCC.[Cu+2]. The fraction of sp³-hybridized carbons (Fsp3) is 0.562. The largest absolute Gasteiger partial charge is 2.00 e. The van der Waals surface area contributed by atoms with Gasteiger partial charge in [0.05, 0.1) is 0 Å². The normalized spacial score (nSPS) is 11.9. The molecule has 0 spiro atoms. The van der Waals surface area contributed by atoms with Crippen LogP contribution in [0.3, 0.4) is 0 Å². The Labute approximate surface area is 302 Å². The zero-order valence-electron chi connectivity index (χ0n) is 29.2. The molecule has 0 unspecified atom stereocenters. The van der Waals surface area contributed by atoms with Gasteiger partial charge in [0, 0.05) is 77.2 Å². The van der Waals surface area contributed by atoms with Crippen LogP contribution in [0.1, 0.15) is 65.5 Å². The number of aliphatic imine (C=N–C) groups is 2. The van der Waals surface area contributed by atoms with Gasteiger partial charge < -0.3 is 57.2 Å². The Morgan fingerprint density at radius 1 is 0.551 bits per heavy atom. The number of phenolic OH excluding ortho intramolecular Hbond substituents is 4. The molecule has 0 bridgehead atoms. The Bertz CT molecular complexity index is 1140. The molecular formula is C32H52CuN2O12Si2. The third kappa shape index (κ3) is 15.8. The second-order valence-electron chi connectivity index (χ2n) is 9.95. The summed E-state index contributed by atoms with van der Waals surface area (Å²) in [5.74, 6) is -3.46. The minimum atomic E-state index is -2.66. The summed E-state index contributed by atoms with van der Waals surface area (Å²) in [5.41, 5.74) is 0.460. The van der Waals surface area contributed by atoms with Crippen LogP contribution < -0.4 is 10.2 Å². The zero-order chi connectivity index (χ0) is 36.0. The zero-order valence-corrected chi connectivity index (χ0v) is 32.1. The van der Waals surface area contributed by atoms with Crippen molar-refractivity contribution in [3.05, 3.63) is 35.4 Å². The molecule has 2 aromatic carbocycles. The third-order valence-electron chi connectivity index (χ3n) is 6.47. The summed E-state index contributed by atoms with van der Waals surface area (Å²) in [6.45, 7) is 15.6. The van der Waals surface area contributed by atoms with Gasteiger partial charge >= 0.3 is 34.7 Å². The van der Waals surface area contributed by atoms with Crippen molar-refractivity contribution in [3.63, 3.8) is 0 Å². The predicted octanol–water partition coefficient (Wildman–Crippen LogP) is 4.06. The molecule has 0 aliphatic carbocycles. The van der Waals surface area contributed by atoms with E-state index in [2.05, 4.69) is 9.98 Å². The minimum absolute atomic E-state index is 0. The van der Waals surface area contributed by atoms with Gasteiger partial charge in [0.2, 0.25) is 0 Å². The van der Waals surface area contributed by atoms with Gasteiger partial charge in [0.1, 0.15) is 11.5 Å². The second kappa shape index (κ2) is 25.3. The van der Waals surface area contributed by atoms with Crippen LogP contribution in [0.15, 0.2) is 34.3 Å². The van der Waals surface area contributed by atoms with Crippen LogP contribution in [-0.4, -0.2) is 103 Å². The van der Waals surface area contributed by atoms with Gasteiger partial charge in [-0.1, -0.05) is 23.6 Å². The monoisotopic (exact) mass is 775 g/mol. The summed E-state index contributed by atoms with van der Waals surface area (Å²) < 4.78 is 34.5. The van der Waals surface area contributed by atoms with E-state index in [0.29, 0.717) is 77.7 Å². The molecule has 0 saturated heterocycles. The molecular weight excluding hydrogens is 724 g/mol. The summed E-state index contributed by atoms with van der Waals surface area (Å²) in [4.78, 5) is 8.39. The average molecular weight is 776 g/mol. The van der Waals surface area contributed by atoms with Gasteiger partial charge in [-0.05, 0) is 77.6 Å². The van der Waals surface area contributed by atoms with E-state index in [1.54, 1.807) is 0 Å². The van der Waals surface area contributed by atoms with Crippen molar-refractivity contribution in [2.75, 3.05) is 52.7 Å². The van der Waals surface area contributed by atoms with Crippen LogP contribution in [0.4, 0.5) is 0 Å². The molecule has 4 N–H and O–H groups in total. The molecule has 2 aromatic rings. The molecule has 14 nitrogen and oxygen atoms in total. The maximum Gasteiger partial charge on any atom is 2.00 e. The van der Waals surface area contributed by atoms with E-state index in [1.165, 1.54) is 36.7 Å². The predicted molar refractivity (Wildman–Crippen MR) is 183 cm³/mol. The number of rotatable bonds is 22. The third-order valence-corrected chi connectivity index (χ3v) is 12.8. The van der Waals surface area contributed by atoms with Crippen molar-refractivity contribution >= 4 is 30.0 Å². The van der Waals surface area contributed by atoms with E-state index in [1.807, 2.05) is 41.5 Å². The second-order valence-corrected chi connectivity index (χ2v) is 15.4. The summed E-state index contributed by atoms with van der Waals surface area (Å²) in [7, 11) is -5.32. The van der Waals surface area contributed by atoms with Gasteiger partial charge in [-0.2, -0.15) is 0 Å². The standard InChI is InChI=1S/2C16H27NO6Si.Cu/c2*1-4-21-24(22-5-2,23-6-3)11-7-10-17-12-13-8-9-14(18)16(20)15(13)19;/h2*8-9,12,18-20H,4-7,10-11H2,1-3H3;/q;;+2/p-2. The molecule has 0 amide bonds. The fourth-order valence-corrected chi connectivity index (χ4v) is 9.65. The molecule has 1 radical (unpaired) electrons. The number of phenols is 4. The fourth-order valence-electron chi connectivity index (χ4n) is 4.46. The van der Waals surface area contributed by atoms with Crippen LogP contribution in [0.5, 0.6) is 34.5 Å². The van der Waals surface area contributed by atoms with E-state index in [9.17, 15) is 30.6 Å². The Morgan fingerprint density at radius 3 is 1.10 bits per heavy atom. The number of benzene rings is 2. The quantitative estimate of drug-likeness (QED) is 0.0579. The number of aromatic hydroxyl groups is 4. The van der Waals surface area contributed by atoms with Crippen molar-refractivity contribution < 1.29 is 74.3 Å². The molecule has 0 aromatic heterocycles. The van der Waals surface area contributed by atoms with Gasteiger partial charge in [-0.25, -0.2) is 0 Å². The van der Waals surface area contributed by atoms with Gasteiger partial charge in [0.15, 0.2) is 11.5 Å². The van der Waals surface area contributed by atoms with E-state index in [0.717, 1.165) is 0 Å². The van der Waals surface area contributed by atoms with E-state index in [-0.39, 0.29) is 28.2 Å². The average Bonchev–Trinajstić information content (AvgIpc) is 3.05. The van der Waals surface area contributed by atoms with Gasteiger partial charge in [-0.3, -0.25) is 9.98 Å². The topological polar surface area (TPSA) is 207 Å². The summed E-state index contributed by atoms with van der Waals surface area (Å²) >= 11 is 0. The first-order chi connectivity index (χ1) is 23.0. The van der Waals surface area contributed by atoms with Crippen molar-refractivity contribution in [3.8, 4) is 34.5 Å². The molecule has 0 aliphatic heterocycles. The maximum absolute atomic E-state index is 11.7. The molecule has 281 valence electrons. The first kappa shape index (κ1) is 46.3. The molecule has 0 saturated carbocycles. The van der Waals surface area contributed by atoms with Gasteiger partial charge in [-0.15, -0.1) is 0 Å². The number of nitrogens with zero attached hydrogens (tertiary/aromatic N) is 2. The molecule has 49 heavy (non-hydrogen) atoms. The number of hydrogen-bond acceptors (Lipinski definition) is 14.